The van der Waals surface area contributed by atoms with E-state index in [-0.39, 0.29) is 0 Å². The van der Waals surface area contributed by atoms with Gasteiger partial charge in [0, 0.05) is 6.42 Å². The lowest BCUT2D eigenvalue weighted by molar-refractivity contribution is 0.436. The van der Waals surface area contributed by atoms with Crippen LogP contribution in [0, 0.1) is 0 Å². The second-order valence-corrected chi connectivity index (χ2v) is 5.99. The zero-order valence-electron chi connectivity index (χ0n) is 8.08. The van der Waals surface area contributed by atoms with Crippen molar-refractivity contribution in [3.63, 3.8) is 0 Å². The van der Waals surface area contributed by atoms with Crippen LogP contribution < -0.4 is 0 Å². The van der Waals surface area contributed by atoms with Gasteiger partial charge >= 0.3 is 0 Å². The van der Waals surface area contributed by atoms with Crippen LogP contribution in [0.3, 0.4) is 0 Å². The molecule has 0 N–H and O–H groups in total. The first-order valence-electron chi connectivity index (χ1n) is 4.71. The van der Waals surface area contributed by atoms with Crippen LogP contribution >= 0.6 is 0 Å². The molecule has 13 heavy (non-hydrogen) atoms. The lowest BCUT2D eigenvalue weighted by Crippen LogP contribution is -2.06. The average Bonchev–Trinajstić information content (AvgIpc) is 2.44. The van der Waals surface area contributed by atoms with Crippen LogP contribution in [0.1, 0.15) is 11.1 Å². The number of fused-ring (bicyclic) bond motifs is 1. The average molecular weight is 190 g/mol. The van der Waals surface area contributed by atoms with Gasteiger partial charge in [-0.15, -0.1) is 0 Å². The highest BCUT2D eigenvalue weighted by Crippen LogP contribution is 2.25. The molecule has 0 fully saturated rings. The van der Waals surface area contributed by atoms with Gasteiger partial charge in [-0.05, 0) is 30.3 Å². The summed E-state index contributed by atoms with van der Waals surface area (Å²) in [6.45, 7) is 4.40. The Morgan fingerprint density at radius 1 is 1.23 bits per heavy atom. The zero-order chi connectivity index (χ0) is 9.26. The molecule has 2 rings (SSSR count). The van der Waals surface area contributed by atoms with Crippen LogP contribution in [-0.2, 0) is 10.8 Å². The summed E-state index contributed by atoms with van der Waals surface area (Å²) in [5.41, 5.74) is 2.72. The predicted octanol–water partition coefficient (Wildman–Crippen LogP) is 2.58. The molecule has 0 saturated heterocycles. The molecule has 1 nitrogen and oxygen atoms in total. The van der Waals surface area contributed by atoms with Crippen LogP contribution in [-0.4, -0.2) is 9.04 Å². The Kier molecular flexibility index (Phi) is 2.23. The van der Waals surface area contributed by atoms with Crippen LogP contribution in [0.2, 0.25) is 13.1 Å². The van der Waals surface area contributed by atoms with Crippen LogP contribution in [0.5, 0.6) is 0 Å². The van der Waals surface area contributed by atoms with Crippen molar-refractivity contribution < 1.29 is 4.43 Å². The third-order valence-corrected chi connectivity index (χ3v) is 2.90. The monoisotopic (exact) mass is 190 g/mol. The molecule has 0 radical (unpaired) electrons. The number of rotatable bonds is 2. The van der Waals surface area contributed by atoms with Crippen molar-refractivity contribution >= 4 is 15.1 Å². The van der Waals surface area contributed by atoms with Crippen LogP contribution in [0.4, 0.5) is 0 Å². The topological polar surface area (TPSA) is 9.23 Å². The predicted molar refractivity (Wildman–Crippen MR) is 58.1 cm³/mol. The minimum atomic E-state index is -0.923. The molecule has 1 aliphatic carbocycles. The van der Waals surface area contributed by atoms with Gasteiger partial charge in [-0.2, -0.15) is 0 Å². The normalized spacial score (nSPS) is 14.2. The molecule has 0 heterocycles. The quantitative estimate of drug-likeness (QED) is 0.651. The van der Waals surface area contributed by atoms with Crippen molar-refractivity contribution in [3.8, 4) is 0 Å². The van der Waals surface area contributed by atoms with Gasteiger partial charge in [-0.25, -0.2) is 0 Å². The highest BCUT2D eigenvalue weighted by molar-refractivity contribution is 6.48. The fourth-order valence-electron chi connectivity index (χ4n) is 1.63. The highest BCUT2D eigenvalue weighted by atomic mass is 28.3. The molecule has 0 amide bonds. The van der Waals surface area contributed by atoms with E-state index < -0.39 is 9.04 Å². The molecular formula is C11H14OSi. The summed E-state index contributed by atoms with van der Waals surface area (Å²) in [7, 11) is -0.923. The standard InChI is InChI=1S/C11H14OSi/c1-13(2)12-11-7-9-5-3-4-6-10(9)8-11/h3-7,13H,8H2,1-2H3. The van der Waals surface area contributed by atoms with E-state index in [1.807, 2.05) is 0 Å². The van der Waals surface area contributed by atoms with Crippen LogP contribution in [0.15, 0.2) is 30.0 Å². The molecule has 0 unspecified atom stereocenters. The van der Waals surface area contributed by atoms with Crippen LogP contribution in [0.25, 0.3) is 6.08 Å². The van der Waals surface area contributed by atoms with Gasteiger partial charge in [-0.1, -0.05) is 24.3 Å². The van der Waals surface area contributed by atoms with E-state index in [9.17, 15) is 0 Å². The largest absolute Gasteiger partial charge is 0.550 e. The first-order chi connectivity index (χ1) is 6.25. The van der Waals surface area contributed by atoms with Crippen molar-refractivity contribution in [2.75, 3.05) is 0 Å². The number of hydrogen-bond donors (Lipinski definition) is 0. The summed E-state index contributed by atoms with van der Waals surface area (Å²) < 4.78 is 5.79. The van der Waals surface area contributed by atoms with E-state index in [1.54, 1.807) is 0 Å². The first kappa shape index (κ1) is 8.57. The Labute approximate surface area is 80.8 Å². The molecule has 0 aromatic heterocycles. The maximum Gasteiger partial charge on any atom is 0.229 e. The summed E-state index contributed by atoms with van der Waals surface area (Å²) in [6, 6.07) is 8.48. The summed E-state index contributed by atoms with van der Waals surface area (Å²) in [5, 5.41) is 0. The second kappa shape index (κ2) is 3.38. The maximum absolute atomic E-state index is 5.79. The zero-order valence-corrected chi connectivity index (χ0v) is 9.23. The minimum absolute atomic E-state index is 0.923. The molecule has 0 saturated carbocycles. The van der Waals surface area contributed by atoms with Crippen molar-refractivity contribution in [2.45, 2.75) is 19.5 Å². The molecule has 2 heteroatoms. The van der Waals surface area contributed by atoms with Crippen molar-refractivity contribution in [3.05, 3.63) is 41.2 Å². The molecule has 1 aromatic carbocycles. The third-order valence-electron chi connectivity index (χ3n) is 2.12. The highest BCUT2D eigenvalue weighted by Gasteiger charge is 2.13. The number of allylic oxidation sites excluding steroid dienone is 1. The molecule has 0 spiro atoms. The summed E-state index contributed by atoms with van der Waals surface area (Å²) in [5.74, 6) is 1.16. The number of benzene rings is 1. The molecule has 68 valence electrons. The molecule has 0 aliphatic heterocycles. The Balaban J connectivity index is 2.17. The molecule has 1 aromatic rings. The summed E-state index contributed by atoms with van der Waals surface area (Å²) >= 11 is 0. The smallest absolute Gasteiger partial charge is 0.229 e. The van der Waals surface area contributed by atoms with Gasteiger partial charge in [0.2, 0.25) is 9.04 Å². The Bertz CT molecular complexity index is 342. The fourth-order valence-corrected chi connectivity index (χ4v) is 2.38. The Morgan fingerprint density at radius 2 is 2.00 bits per heavy atom. The minimum Gasteiger partial charge on any atom is -0.550 e. The van der Waals surface area contributed by atoms with Gasteiger partial charge in [0.05, 0.1) is 5.76 Å². The second-order valence-electron chi connectivity index (χ2n) is 3.65. The van der Waals surface area contributed by atoms with E-state index in [0.717, 1.165) is 12.2 Å². The molecule has 0 bridgehead atoms. The fraction of sp³-hybridized carbons (Fsp3) is 0.273. The Morgan fingerprint density at radius 3 is 2.69 bits per heavy atom. The lowest BCUT2D eigenvalue weighted by atomic mass is 10.1. The molecule has 1 aliphatic rings. The SMILES string of the molecule is C[SiH](C)OC1=Cc2ccccc2C1. The van der Waals surface area contributed by atoms with Crippen molar-refractivity contribution in [1.82, 2.24) is 0 Å². The van der Waals surface area contributed by atoms with Gasteiger partial charge < -0.3 is 4.43 Å². The first-order valence-corrected chi connectivity index (χ1v) is 7.49. The summed E-state index contributed by atoms with van der Waals surface area (Å²) in [6.07, 6.45) is 3.16. The number of hydrogen-bond acceptors (Lipinski definition) is 1. The van der Waals surface area contributed by atoms with E-state index >= 15 is 0 Å². The maximum atomic E-state index is 5.79. The van der Waals surface area contributed by atoms with Gasteiger partial charge in [0.15, 0.2) is 0 Å². The Hall–Kier alpha value is -1.02. The van der Waals surface area contributed by atoms with Crippen molar-refractivity contribution in [1.29, 1.82) is 0 Å². The van der Waals surface area contributed by atoms with E-state index in [1.165, 1.54) is 11.1 Å². The van der Waals surface area contributed by atoms with E-state index in [2.05, 4.69) is 43.4 Å². The van der Waals surface area contributed by atoms with Gasteiger partial charge in [0.25, 0.3) is 0 Å². The van der Waals surface area contributed by atoms with Crippen molar-refractivity contribution in [2.24, 2.45) is 0 Å². The van der Waals surface area contributed by atoms with Gasteiger partial charge in [-0.3, -0.25) is 0 Å². The van der Waals surface area contributed by atoms with Gasteiger partial charge in [0.1, 0.15) is 0 Å². The van der Waals surface area contributed by atoms with E-state index in [4.69, 9.17) is 4.43 Å². The lowest BCUT2D eigenvalue weighted by Gasteiger charge is -2.09. The molecule has 0 atom stereocenters. The molecular weight excluding hydrogens is 176 g/mol. The van der Waals surface area contributed by atoms with E-state index in [0.29, 0.717) is 0 Å². The summed E-state index contributed by atoms with van der Waals surface area (Å²) in [4.78, 5) is 0. The third kappa shape index (κ3) is 1.83.